The molecule has 28 heavy (non-hydrogen) atoms. The summed E-state index contributed by atoms with van der Waals surface area (Å²) >= 11 is 0. The van der Waals surface area contributed by atoms with Gasteiger partial charge in [0.1, 0.15) is 20.2 Å². The zero-order chi connectivity index (χ0) is 19.1. The van der Waals surface area contributed by atoms with Crippen LogP contribution in [0.4, 0.5) is 0 Å². The maximum atomic E-state index is 12.2. The van der Waals surface area contributed by atoms with Crippen molar-refractivity contribution in [3.8, 4) is 16.9 Å². The standard InChI is InChI=1S/C14H11N3O7S2.2Na/c18-14-8-13(9-1-3-15-4-2-9)16-17(14)10-5-11(25(19,20)21)7-12(6-10)26(22,23)24;;/h1-8,16H,(H,19,20,21)(H,22,23,24);;/q;2*+1/p-2. The van der Waals surface area contributed by atoms with Gasteiger partial charge < -0.3 is 9.11 Å². The fourth-order valence-corrected chi connectivity index (χ4v) is 3.39. The van der Waals surface area contributed by atoms with Gasteiger partial charge in [-0.25, -0.2) is 21.5 Å². The van der Waals surface area contributed by atoms with Gasteiger partial charge in [0.15, 0.2) is 0 Å². The van der Waals surface area contributed by atoms with Crippen LogP contribution >= 0.6 is 0 Å². The predicted molar refractivity (Wildman–Crippen MR) is 85.5 cm³/mol. The van der Waals surface area contributed by atoms with Crippen molar-refractivity contribution < 1.29 is 85.1 Å². The molecular weight excluding hydrogens is 432 g/mol. The summed E-state index contributed by atoms with van der Waals surface area (Å²) in [5.41, 5.74) is -0.0346. The first-order valence-electron chi connectivity index (χ1n) is 6.85. The van der Waals surface area contributed by atoms with Crippen LogP contribution in [0.5, 0.6) is 0 Å². The molecule has 1 N–H and O–H groups in total. The van der Waals surface area contributed by atoms with Crippen LogP contribution < -0.4 is 64.7 Å². The monoisotopic (exact) mass is 441 g/mol. The Morgan fingerprint density at radius 1 is 0.857 bits per heavy atom. The van der Waals surface area contributed by atoms with Crippen molar-refractivity contribution in [2.24, 2.45) is 0 Å². The molecule has 0 aliphatic carbocycles. The van der Waals surface area contributed by atoms with E-state index in [0.717, 1.165) is 16.8 Å². The summed E-state index contributed by atoms with van der Waals surface area (Å²) in [6, 6.07) is 6.42. The summed E-state index contributed by atoms with van der Waals surface area (Å²) in [5.74, 6) is 0. The topological polar surface area (TPSA) is 165 Å². The Bertz CT molecular complexity index is 1200. The number of aromatic amines is 1. The molecule has 0 unspecified atom stereocenters. The van der Waals surface area contributed by atoms with Crippen LogP contribution in [-0.4, -0.2) is 40.7 Å². The maximum absolute atomic E-state index is 12.2. The van der Waals surface area contributed by atoms with E-state index in [-0.39, 0.29) is 64.8 Å². The number of hydrogen-bond donors (Lipinski definition) is 1. The van der Waals surface area contributed by atoms with Gasteiger partial charge in [-0.05, 0) is 30.3 Å². The van der Waals surface area contributed by atoms with Gasteiger partial charge in [0.05, 0.1) is 21.2 Å². The molecule has 0 saturated heterocycles. The minimum atomic E-state index is -5.07. The molecule has 3 aromatic rings. The van der Waals surface area contributed by atoms with Crippen molar-refractivity contribution in [2.45, 2.75) is 9.79 Å². The molecule has 136 valence electrons. The van der Waals surface area contributed by atoms with Crippen molar-refractivity contribution in [2.75, 3.05) is 0 Å². The summed E-state index contributed by atoms with van der Waals surface area (Å²) in [5, 5.41) is 2.65. The summed E-state index contributed by atoms with van der Waals surface area (Å²) < 4.78 is 68.3. The Kier molecular flexibility index (Phi) is 8.42. The summed E-state index contributed by atoms with van der Waals surface area (Å²) in [7, 11) is -10.1. The summed E-state index contributed by atoms with van der Waals surface area (Å²) in [4.78, 5) is 14.1. The third-order valence-electron chi connectivity index (χ3n) is 3.41. The molecule has 3 rings (SSSR count). The number of rotatable bonds is 4. The van der Waals surface area contributed by atoms with Gasteiger partial charge in [0.2, 0.25) is 0 Å². The van der Waals surface area contributed by atoms with Gasteiger partial charge in [0, 0.05) is 24.0 Å². The summed E-state index contributed by atoms with van der Waals surface area (Å²) in [6.07, 6.45) is 2.97. The molecule has 10 nitrogen and oxygen atoms in total. The molecule has 0 amide bonds. The Morgan fingerprint density at radius 2 is 1.36 bits per heavy atom. The largest absolute Gasteiger partial charge is 1.00 e. The van der Waals surface area contributed by atoms with Gasteiger partial charge in [-0.15, -0.1) is 0 Å². The molecule has 0 radical (unpaired) electrons. The predicted octanol–water partition coefficient (Wildman–Crippen LogP) is -5.96. The van der Waals surface area contributed by atoms with Crippen LogP contribution in [0, 0.1) is 0 Å². The average Bonchev–Trinajstić information content (AvgIpc) is 2.95. The van der Waals surface area contributed by atoms with Gasteiger partial charge in [0.25, 0.3) is 5.56 Å². The fraction of sp³-hybridized carbons (Fsp3) is 0. The minimum absolute atomic E-state index is 0. The van der Waals surface area contributed by atoms with Crippen LogP contribution in [0.25, 0.3) is 16.9 Å². The molecule has 0 aliphatic rings. The second-order valence-electron chi connectivity index (χ2n) is 5.15. The Morgan fingerprint density at radius 3 is 1.82 bits per heavy atom. The number of pyridine rings is 1. The van der Waals surface area contributed by atoms with E-state index in [1.54, 1.807) is 12.1 Å². The number of benzene rings is 1. The molecule has 1 aromatic carbocycles. The van der Waals surface area contributed by atoms with E-state index in [9.17, 15) is 30.7 Å². The maximum Gasteiger partial charge on any atom is 1.00 e. The van der Waals surface area contributed by atoms with E-state index in [4.69, 9.17) is 0 Å². The first kappa shape index (κ1) is 25.2. The number of hydrogen-bond acceptors (Lipinski definition) is 8. The number of nitrogens with one attached hydrogen (secondary N) is 1. The van der Waals surface area contributed by atoms with E-state index < -0.39 is 35.6 Å². The summed E-state index contributed by atoms with van der Waals surface area (Å²) in [6.45, 7) is 0. The third-order valence-corrected chi connectivity index (χ3v) is 5.04. The molecule has 0 spiro atoms. The molecule has 0 bridgehead atoms. The van der Waals surface area contributed by atoms with Crippen molar-refractivity contribution >= 4 is 20.2 Å². The van der Waals surface area contributed by atoms with E-state index in [1.165, 1.54) is 18.5 Å². The number of nitrogens with zero attached hydrogens (tertiary/aromatic N) is 2. The smallest absolute Gasteiger partial charge is 0.744 e. The van der Waals surface area contributed by atoms with Crippen molar-refractivity contribution in [1.82, 2.24) is 14.8 Å². The molecule has 0 atom stereocenters. The molecule has 0 fully saturated rings. The first-order chi connectivity index (χ1) is 12.1. The molecule has 2 heterocycles. The molecule has 14 heteroatoms. The van der Waals surface area contributed by atoms with E-state index in [1.807, 2.05) is 0 Å². The average molecular weight is 441 g/mol. The van der Waals surface area contributed by atoms with E-state index >= 15 is 0 Å². The molecule has 0 saturated carbocycles. The van der Waals surface area contributed by atoms with Gasteiger partial charge in [-0.3, -0.25) is 14.9 Å². The SMILES string of the molecule is O=c1cc(-c2ccncc2)[nH]n1-c1cc(S(=O)(=O)[O-])cc(S(=O)(=O)[O-])c1.[Na+].[Na+]. The van der Waals surface area contributed by atoms with Crippen LogP contribution in [0.2, 0.25) is 0 Å². The van der Waals surface area contributed by atoms with Crippen molar-refractivity contribution in [3.63, 3.8) is 0 Å². The fourth-order valence-electron chi connectivity index (χ4n) is 2.24. The van der Waals surface area contributed by atoms with E-state index in [0.29, 0.717) is 17.3 Å². The molecule has 2 aromatic heterocycles. The van der Waals surface area contributed by atoms with Crippen LogP contribution in [-0.2, 0) is 20.2 Å². The van der Waals surface area contributed by atoms with Crippen molar-refractivity contribution in [3.05, 3.63) is 59.1 Å². The van der Waals surface area contributed by atoms with E-state index in [2.05, 4.69) is 10.1 Å². The zero-order valence-corrected chi connectivity index (χ0v) is 20.3. The Balaban J connectivity index is 0.00000196. The third kappa shape index (κ3) is 5.63. The van der Waals surface area contributed by atoms with Gasteiger partial charge in [-0.1, -0.05) is 0 Å². The zero-order valence-electron chi connectivity index (χ0n) is 14.7. The van der Waals surface area contributed by atoms with Crippen LogP contribution in [0.1, 0.15) is 0 Å². The van der Waals surface area contributed by atoms with Gasteiger partial charge >= 0.3 is 59.1 Å². The van der Waals surface area contributed by atoms with Crippen molar-refractivity contribution in [1.29, 1.82) is 0 Å². The second kappa shape index (κ2) is 9.34. The van der Waals surface area contributed by atoms with Gasteiger partial charge in [-0.2, -0.15) is 0 Å². The number of aromatic nitrogens is 3. The molecule has 0 aliphatic heterocycles. The molecular formula is C14H9N3Na2O7S2. The minimum Gasteiger partial charge on any atom is -0.744 e. The normalized spacial score (nSPS) is 11.4. The quantitative estimate of drug-likeness (QED) is 0.309. The van der Waals surface area contributed by atoms with Crippen LogP contribution in [0.3, 0.4) is 0 Å². The Labute approximate surface area is 204 Å². The Hall–Kier alpha value is -0.800. The second-order valence-corrected chi connectivity index (χ2v) is 7.91. The first-order valence-corrected chi connectivity index (χ1v) is 9.67. The van der Waals surface area contributed by atoms with Crippen LogP contribution in [0.15, 0.2) is 63.4 Å². The number of H-pyrrole nitrogens is 1.